The average molecular weight is 305 g/mol. The fourth-order valence-corrected chi connectivity index (χ4v) is 1.24. The second-order valence-corrected chi connectivity index (χ2v) is 4.20. The Morgan fingerprint density at radius 3 is 1.89 bits per heavy atom. The summed E-state index contributed by atoms with van der Waals surface area (Å²) in [4.78, 5) is 13.8. The molecule has 18 heavy (non-hydrogen) atoms. The Bertz CT molecular complexity index is 467. The maximum absolute atomic E-state index is 10.00. The third-order valence-corrected chi connectivity index (χ3v) is 2.33. The summed E-state index contributed by atoms with van der Waals surface area (Å²) < 4.78 is 0. The van der Waals surface area contributed by atoms with Gasteiger partial charge in [0.15, 0.2) is 10.3 Å². The maximum atomic E-state index is 10.00. The molecule has 7 heteroatoms. The summed E-state index contributed by atoms with van der Waals surface area (Å²) in [6.07, 6.45) is 2.84. The minimum absolute atomic E-state index is 0.356. The Morgan fingerprint density at radius 2 is 1.50 bits per heavy atom. The number of halogens is 3. The van der Waals surface area contributed by atoms with Gasteiger partial charge in [0.25, 0.3) is 0 Å². The van der Waals surface area contributed by atoms with Crippen LogP contribution in [0.1, 0.15) is 5.56 Å². The molecule has 0 fully saturated rings. The van der Waals surface area contributed by atoms with Crippen molar-refractivity contribution in [2.75, 3.05) is 0 Å². The predicted octanol–water partition coefficient (Wildman–Crippen LogP) is 3.26. The normalized spacial score (nSPS) is 9.28. The molecule has 0 radical (unpaired) electrons. The van der Waals surface area contributed by atoms with E-state index in [1.165, 1.54) is 0 Å². The van der Waals surface area contributed by atoms with E-state index in [-0.39, 0.29) is 0 Å². The number of carbonyl (C=O) groups excluding carboxylic acids is 1. The fraction of sp³-hybridized carbons (Fsp3) is 0.0909. The third kappa shape index (κ3) is 5.91. The highest BCUT2D eigenvalue weighted by molar-refractivity contribution is 6.31. The smallest absolute Gasteiger partial charge is 0.151 e. The number of aromatic nitrogens is 3. The lowest BCUT2D eigenvalue weighted by Gasteiger charge is -1.91. The van der Waals surface area contributed by atoms with Crippen LogP contribution in [0, 0.1) is 0 Å². The van der Waals surface area contributed by atoms with E-state index in [2.05, 4.69) is 15.2 Å². The Hall–Kier alpha value is -1.23. The SMILES string of the molecule is Clc1ccc(Cl)nn1.O=CCc1ccc(Cl)nc1. The van der Waals surface area contributed by atoms with E-state index in [0.717, 1.165) is 11.8 Å². The molecule has 0 aliphatic rings. The number of pyridine rings is 1. The number of carbonyl (C=O) groups is 1. The molecule has 0 spiro atoms. The quantitative estimate of drug-likeness (QED) is 0.631. The summed E-state index contributed by atoms with van der Waals surface area (Å²) in [5.74, 6) is 0. The molecule has 0 aliphatic carbocycles. The second kappa shape index (κ2) is 7.97. The predicted molar refractivity (Wildman–Crippen MR) is 71.1 cm³/mol. The van der Waals surface area contributed by atoms with Crippen molar-refractivity contribution in [1.82, 2.24) is 15.2 Å². The number of rotatable bonds is 2. The van der Waals surface area contributed by atoms with Gasteiger partial charge in [-0.05, 0) is 23.8 Å². The van der Waals surface area contributed by atoms with Crippen LogP contribution >= 0.6 is 34.8 Å². The highest BCUT2D eigenvalue weighted by Crippen LogP contribution is 2.05. The van der Waals surface area contributed by atoms with E-state index >= 15 is 0 Å². The van der Waals surface area contributed by atoms with Gasteiger partial charge in [-0.15, -0.1) is 10.2 Å². The zero-order valence-electron chi connectivity index (χ0n) is 9.05. The lowest BCUT2D eigenvalue weighted by molar-refractivity contribution is -0.107. The summed E-state index contributed by atoms with van der Waals surface area (Å²) in [5.41, 5.74) is 0.888. The van der Waals surface area contributed by atoms with Crippen molar-refractivity contribution in [2.24, 2.45) is 0 Å². The molecular formula is C11H8Cl3N3O. The van der Waals surface area contributed by atoms with E-state index in [1.54, 1.807) is 30.5 Å². The Balaban J connectivity index is 0.000000184. The van der Waals surface area contributed by atoms with Crippen molar-refractivity contribution < 1.29 is 4.79 Å². The summed E-state index contributed by atoms with van der Waals surface area (Å²) in [6.45, 7) is 0. The lowest BCUT2D eigenvalue weighted by Crippen LogP contribution is -1.85. The van der Waals surface area contributed by atoms with Gasteiger partial charge in [-0.3, -0.25) is 0 Å². The first-order chi connectivity index (χ1) is 8.61. The molecule has 0 aromatic carbocycles. The molecule has 94 valence electrons. The second-order valence-electron chi connectivity index (χ2n) is 3.04. The van der Waals surface area contributed by atoms with Crippen molar-refractivity contribution in [2.45, 2.75) is 6.42 Å². The Morgan fingerprint density at radius 1 is 0.944 bits per heavy atom. The molecule has 0 saturated carbocycles. The number of hydrogen-bond acceptors (Lipinski definition) is 4. The van der Waals surface area contributed by atoms with Crippen LogP contribution in [0.25, 0.3) is 0 Å². The summed E-state index contributed by atoms with van der Waals surface area (Å²) in [7, 11) is 0. The minimum atomic E-state index is 0.356. The van der Waals surface area contributed by atoms with Crippen LogP contribution in [0.4, 0.5) is 0 Å². The summed E-state index contributed by atoms with van der Waals surface area (Å²) in [5, 5.41) is 8.09. The van der Waals surface area contributed by atoms with E-state index in [0.29, 0.717) is 21.9 Å². The van der Waals surface area contributed by atoms with E-state index in [4.69, 9.17) is 34.8 Å². The molecule has 2 aromatic rings. The first-order valence-electron chi connectivity index (χ1n) is 4.80. The third-order valence-electron chi connectivity index (χ3n) is 1.71. The van der Waals surface area contributed by atoms with Crippen LogP contribution in [0.15, 0.2) is 30.5 Å². The molecule has 0 saturated heterocycles. The van der Waals surface area contributed by atoms with Crippen LogP contribution in [0.3, 0.4) is 0 Å². The summed E-state index contributed by atoms with van der Waals surface area (Å²) >= 11 is 16.3. The lowest BCUT2D eigenvalue weighted by atomic mass is 10.2. The minimum Gasteiger partial charge on any atom is -0.303 e. The molecule has 0 amide bonds. The topological polar surface area (TPSA) is 55.7 Å². The van der Waals surface area contributed by atoms with Gasteiger partial charge >= 0.3 is 0 Å². The van der Waals surface area contributed by atoms with Crippen LogP contribution in [0.2, 0.25) is 15.5 Å². The molecule has 0 aliphatic heterocycles. The van der Waals surface area contributed by atoms with Crippen LogP contribution in [-0.2, 0) is 11.2 Å². The highest BCUT2D eigenvalue weighted by Gasteiger charge is 1.90. The Kier molecular flexibility index (Phi) is 6.57. The van der Waals surface area contributed by atoms with Gasteiger partial charge in [0.2, 0.25) is 0 Å². The van der Waals surface area contributed by atoms with E-state index in [9.17, 15) is 4.79 Å². The first-order valence-corrected chi connectivity index (χ1v) is 5.94. The van der Waals surface area contributed by atoms with Gasteiger partial charge in [0.1, 0.15) is 11.4 Å². The van der Waals surface area contributed by atoms with Crippen molar-refractivity contribution in [3.05, 3.63) is 51.5 Å². The molecule has 2 heterocycles. The molecular weight excluding hydrogens is 296 g/mol. The standard InChI is InChI=1S/C7H6ClNO.C4H2Cl2N2/c8-7-2-1-6(3-4-10)5-9-7;5-3-1-2-4(6)8-7-3/h1-2,4-5H,3H2;1-2H. The Labute approximate surface area is 119 Å². The molecule has 0 atom stereocenters. The van der Waals surface area contributed by atoms with Crippen LogP contribution < -0.4 is 0 Å². The monoisotopic (exact) mass is 303 g/mol. The van der Waals surface area contributed by atoms with Gasteiger partial charge < -0.3 is 4.79 Å². The molecule has 0 unspecified atom stereocenters. The number of hydrogen-bond donors (Lipinski definition) is 0. The van der Waals surface area contributed by atoms with Crippen LogP contribution in [-0.4, -0.2) is 21.5 Å². The molecule has 0 bridgehead atoms. The largest absolute Gasteiger partial charge is 0.303 e. The van der Waals surface area contributed by atoms with Gasteiger partial charge in [-0.25, -0.2) is 4.98 Å². The van der Waals surface area contributed by atoms with Gasteiger partial charge in [-0.1, -0.05) is 40.9 Å². The van der Waals surface area contributed by atoms with Gasteiger partial charge in [0, 0.05) is 12.6 Å². The van der Waals surface area contributed by atoms with E-state index in [1.807, 2.05) is 0 Å². The van der Waals surface area contributed by atoms with Crippen LogP contribution in [0.5, 0.6) is 0 Å². The first kappa shape index (κ1) is 14.8. The average Bonchev–Trinajstić information content (AvgIpc) is 2.37. The zero-order valence-corrected chi connectivity index (χ0v) is 11.3. The van der Waals surface area contributed by atoms with Gasteiger partial charge in [-0.2, -0.15) is 0 Å². The van der Waals surface area contributed by atoms with Crippen molar-refractivity contribution >= 4 is 41.1 Å². The van der Waals surface area contributed by atoms with Crippen molar-refractivity contribution in [1.29, 1.82) is 0 Å². The highest BCUT2D eigenvalue weighted by atomic mass is 35.5. The van der Waals surface area contributed by atoms with Crippen molar-refractivity contribution in [3.8, 4) is 0 Å². The fourth-order valence-electron chi connectivity index (χ4n) is 0.923. The summed E-state index contributed by atoms with van der Waals surface area (Å²) in [6, 6.07) is 6.61. The number of nitrogens with zero attached hydrogens (tertiary/aromatic N) is 3. The maximum Gasteiger partial charge on any atom is 0.151 e. The van der Waals surface area contributed by atoms with E-state index < -0.39 is 0 Å². The zero-order chi connectivity index (χ0) is 13.4. The molecule has 2 aromatic heterocycles. The van der Waals surface area contributed by atoms with Gasteiger partial charge in [0.05, 0.1) is 0 Å². The number of aldehydes is 1. The molecule has 2 rings (SSSR count). The van der Waals surface area contributed by atoms with Crippen molar-refractivity contribution in [3.63, 3.8) is 0 Å². The molecule has 0 N–H and O–H groups in total. The molecule has 4 nitrogen and oxygen atoms in total.